The molecule has 5 nitrogen and oxygen atoms in total. The molecule has 0 bridgehead atoms. The molecule has 0 atom stereocenters. The molecule has 0 aliphatic carbocycles. The van der Waals surface area contributed by atoms with Gasteiger partial charge in [0.25, 0.3) is 11.4 Å². The summed E-state index contributed by atoms with van der Waals surface area (Å²) in [5, 5.41) is 2.09. The Hall–Kier alpha value is -7.56. The number of fused-ring (bicyclic) bond motifs is 4. The van der Waals surface area contributed by atoms with Crippen molar-refractivity contribution in [2.45, 2.75) is 45.9 Å². The van der Waals surface area contributed by atoms with Gasteiger partial charge in [-0.2, -0.15) is 6.07 Å². The maximum atomic E-state index is 15.0. The third kappa shape index (κ3) is 8.43. The average Bonchev–Trinajstić information content (AvgIpc) is 3.89. The van der Waals surface area contributed by atoms with Crippen molar-refractivity contribution in [3.05, 3.63) is 217 Å². The number of para-hydroxylation sites is 4. The minimum Gasteiger partial charge on any atom is -0.509 e. The van der Waals surface area contributed by atoms with Crippen molar-refractivity contribution >= 4 is 50.6 Å². The standard InChI is InChI=1S/C61H46F2N4O.Pt/c1-39(2)49-18-9-10-19-50(49)42-32-46(36-48(33-42)68-47-26-27-54-53-20-11-12-23-55(53)67(58(54)37-47)59-34-43(28-29-64-59)61(3,4)5)65-38-66(57-25-14-13-24-56(57)65)60-51(40-16-7-6-8-17-40)21-15-22-52(60)41-30-44(62)35-45(63)31-41;/h6-35,39H,1-5H3;/q;+2/i39D;. The number of hydrogen-bond acceptors (Lipinski definition) is 2. The van der Waals surface area contributed by atoms with Gasteiger partial charge in [-0.05, 0) is 91.6 Å². The second-order valence-electron chi connectivity index (χ2n) is 18.3. The van der Waals surface area contributed by atoms with Gasteiger partial charge in [-0.15, -0.1) is 29.1 Å². The van der Waals surface area contributed by atoms with Gasteiger partial charge in [-0.25, -0.2) is 13.8 Å². The van der Waals surface area contributed by atoms with Crippen LogP contribution in [0.3, 0.4) is 0 Å². The largest absolute Gasteiger partial charge is 2.00 e. The summed E-state index contributed by atoms with van der Waals surface area (Å²) < 4.78 is 52.1. The monoisotopic (exact) mass is 1080 g/mol. The minimum atomic E-state index is -0.925. The molecule has 0 saturated heterocycles. The molecule has 0 spiro atoms. The van der Waals surface area contributed by atoms with Gasteiger partial charge in [0.2, 0.25) is 5.69 Å². The van der Waals surface area contributed by atoms with Gasteiger partial charge in [0, 0.05) is 42.8 Å². The summed E-state index contributed by atoms with van der Waals surface area (Å²) in [6, 6.07) is 66.7. The fraction of sp³-hybridized carbons (Fsp3) is 0.115. The van der Waals surface area contributed by atoms with Crippen LogP contribution < -0.4 is 13.9 Å². The summed E-state index contributed by atoms with van der Waals surface area (Å²) in [6.45, 7) is 10.4. The Morgan fingerprint density at radius 1 is 0.623 bits per heavy atom. The van der Waals surface area contributed by atoms with Crippen molar-refractivity contribution in [1.82, 2.24) is 18.7 Å². The predicted molar refractivity (Wildman–Crippen MR) is 273 cm³/mol. The van der Waals surface area contributed by atoms with Crippen LogP contribution in [-0.2, 0) is 26.5 Å². The first-order valence-electron chi connectivity index (χ1n) is 23.2. The zero-order chi connectivity index (χ0) is 47.6. The van der Waals surface area contributed by atoms with E-state index in [9.17, 15) is 1.37 Å². The molecule has 0 N–H and O–H groups in total. The quantitative estimate of drug-likeness (QED) is 0.107. The van der Waals surface area contributed by atoms with Crippen LogP contribution in [0, 0.1) is 23.8 Å². The van der Waals surface area contributed by atoms with E-state index < -0.39 is 17.5 Å². The van der Waals surface area contributed by atoms with Crippen LogP contribution in [0.25, 0.3) is 61.0 Å². The molecule has 0 saturated carbocycles. The van der Waals surface area contributed by atoms with Gasteiger partial charge >= 0.3 is 27.1 Å². The Balaban J connectivity index is 0.00000567. The Labute approximate surface area is 416 Å². The summed E-state index contributed by atoms with van der Waals surface area (Å²) >= 11 is 0. The summed E-state index contributed by atoms with van der Waals surface area (Å²) in [5.41, 5.74) is 11.1. The molecule has 1 aliphatic heterocycles. The first-order chi connectivity index (χ1) is 33.3. The topological polar surface area (TPSA) is 33.1 Å². The van der Waals surface area contributed by atoms with Crippen LogP contribution in [0.1, 0.15) is 53.0 Å². The first kappa shape index (κ1) is 44.0. The van der Waals surface area contributed by atoms with Crippen molar-refractivity contribution in [3.8, 4) is 50.7 Å². The average molecular weight is 1090 g/mol. The van der Waals surface area contributed by atoms with Crippen LogP contribution in [0.4, 0.5) is 31.5 Å². The maximum absolute atomic E-state index is 15.0. The first-order valence-corrected chi connectivity index (χ1v) is 22.7. The molecule has 0 fully saturated rings. The molecule has 8 heteroatoms. The molecule has 338 valence electrons. The molecule has 8 aromatic carbocycles. The van der Waals surface area contributed by atoms with Gasteiger partial charge in [0.15, 0.2) is 0 Å². The van der Waals surface area contributed by atoms with Crippen LogP contribution in [0.2, 0.25) is 0 Å². The van der Waals surface area contributed by atoms with Gasteiger partial charge in [-0.3, -0.25) is 0 Å². The zero-order valence-corrected chi connectivity index (χ0v) is 40.9. The van der Waals surface area contributed by atoms with Crippen molar-refractivity contribution in [2.24, 2.45) is 0 Å². The van der Waals surface area contributed by atoms with Gasteiger partial charge in [0.05, 0.1) is 11.1 Å². The fourth-order valence-electron chi connectivity index (χ4n) is 9.31. The number of nitrogens with zero attached hydrogens (tertiary/aromatic N) is 4. The molecule has 10 aromatic rings. The van der Waals surface area contributed by atoms with Crippen LogP contribution >= 0.6 is 0 Å². The van der Waals surface area contributed by atoms with E-state index in [2.05, 4.69) is 73.8 Å². The van der Waals surface area contributed by atoms with E-state index in [-0.39, 0.29) is 26.5 Å². The summed E-state index contributed by atoms with van der Waals surface area (Å²) in [4.78, 5) is 4.87. The molecular formula is C61H46F2N4OPt+2. The molecule has 69 heavy (non-hydrogen) atoms. The van der Waals surface area contributed by atoms with Crippen molar-refractivity contribution in [2.75, 3.05) is 0 Å². The number of benzene rings is 8. The summed E-state index contributed by atoms with van der Waals surface area (Å²) in [7, 11) is 0. The van der Waals surface area contributed by atoms with E-state index in [1.54, 1.807) is 0 Å². The maximum Gasteiger partial charge on any atom is 2.00 e. The second-order valence-corrected chi connectivity index (χ2v) is 18.3. The Kier molecular flexibility index (Phi) is 11.6. The molecule has 0 radical (unpaired) electrons. The number of halogens is 2. The van der Waals surface area contributed by atoms with E-state index in [1.807, 2.05) is 157 Å². The van der Waals surface area contributed by atoms with Crippen LogP contribution in [-0.4, -0.2) is 15.6 Å². The molecule has 3 heterocycles. The number of ether oxygens (including phenoxy) is 1. The second kappa shape index (κ2) is 18.2. The molecular weight excluding hydrogens is 1040 g/mol. The fourth-order valence-corrected chi connectivity index (χ4v) is 9.31. The molecule has 0 amide bonds. The predicted octanol–water partition coefficient (Wildman–Crippen LogP) is 16.1. The Morgan fingerprint density at radius 3 is 2.03 bits per heavy atom. The normalized spacial score (nSPS) is 12.6. The van der Waals surface area contributed by atoms with E-state index in [1.165, 1.54) is 17.7 Å². The molecule has 2 aromatic heterocycles. The van der Waals surface area contributed by atoms with Gasteiger partial charge in [-0.1, -0.05) is 148 Å². The smallest absolute Gasteiger partial charge is 0.509 e. The van der Waals surface area contributed by atoms with Crippen LogP contribution in [0.15, 0.2) is 182 Å². The minimum absolute atomic E-state index is 0. The number of hydrogen-bond donors (Lipinski definition) is 0. The van der Waals surface area contributed by atoms with Crippen molar-refractivity contribution in [3.63, 3.8) is 0 Å². The summed E-state index contributed by atoms with van der Waals surface area (Å²) in [6.07, 6.45) is 1.86. The van der Waals surface area contributed by atoms with E-state index in [0.717, 1.165) is 72.9 Å². The SMILES string of the molecule is [2H]C(C)(C)c1ccccc1-c1cc(Oc2[c-]c3c(cc2)c2ccccc2n3-c2cc(C(C)(C)C)ccn2)[c-]c([N+]2=C=[N+](c3c(-c4ccccc4)cccc3-c3cc(F)cc(F)c3)c3ccccc32)c1.[Pt+2]. The number of pyridine rings is 1. The van der Waals surface area contributed by atoms with Crippen LogP contribution in [0.5, 0.6) is 11.5 Å². The Bertz CT molecular complexity index is 3730. The third-order valence-electron chi connectivity index (χ3n) is 12.5. The number of aromatic nitrogens is 2. The van der Waals surface area contributed by atoms with Crippen molar-refractivity contribution < 1.29 is 36.0 Å². The summed E-state index contributed by atoms with van der Waals surface area (Å²) in [5.74, 6) is -0.578. The van der Waals surface area contributed by atoms with Crippen molar-refractivity contribution in [1.29, 1.82) is 0 Å². The molecule has 1 aliphatic rings. The van der Waals surface area contributed by atoms with E-state index >= 15 is 8.78 Å². The molecule has 0 unspecified atom stereocenters. The third-order valence-corrected chi connectivity index (χ3v) is 12.5. The van der Waals surface area contributed by atoms with E-state index in [0.29, 0.717) is 34.0 Å². The zero-order valence-electron chi connectivity index (χ0n) is 39.6. The van der Waals surface area contributed by atoms with Gasteiger partial charge < -0.3 is 9.30 Å². The van der Waals surface area contributed by atoms with E-state index in [4.69, 9.17) is 9.72 Å². The molecule has 11 rings (SSSR count). The Morgan fingerprint density at radius 2 is 1.28 bits per heavy atom. The number of rotatable bonds is 9. The van der Waals surface area contributed by atoms with Gasteiger partial charge in [0.1, 0.15) is 23.1 Å².